The molecule has 84 valence electrons. The molecule has 1 atom stereocenters. The summed E-state index contributed by atoms with van der Waals surface area (Å²) in [5, 5.41) is 2.60. The van der Waals surface area contributed by atoms with E-state index >= 15 is 0 Å². The molecule has 0 spiro atoms. The van der Waals surface area contributed by atoms with Gasteiger partial charge < -0.3 is 0 Å². The van der Waals surface area contributed by atoms with Crippen LogP contribution in [0.2, 0.25) is 0 Å². The van der Waals surface area contributed by atoms with Crippen LogP contribution in [-0.4, -0.2) is 31.1 Å². The average Bonchev–Trinajstić information content (AvgIpc) is 2.42. The number of hydrogen-bond donors (Lipinski definition) is 2. The molecule has 0 amide bonds. The molecule has 0 radical (unpaired) electrons. The van der Waals surface area contributed by atoms with E-state index in [9.17, 15) is 9.69 Å². The van der Waals surface area contributed by atoms with Crippen LogP contribution in [0.25, 0.3) is 0 Å². The Hall–Kier alpha value is -0.260. The Labute approximate surface area is 82.8 Å². The summed E-state index contributed by atoms with van der Waals surface area (Å²) in [6.07, 6.45) is 0. The first-order valence-corrected chi connectivity index (χ1v) is 6.20. The van der Waals surface area contributed by atoms with Gasteiger partial charge in [-0.25, -0.2) is 0 Å². The third kappa shape index (κ3) is 1.76. The van der Waals surface area contributed by atoms with Gasteiger partial charge >= 0.3 is 82.0 Å². The van der Waals surface area contributed by atoms with Crippen LogP contribution < -0.4 is 5.09 Å². The van der Waals surface area contributed by atoms with E-state index in [1.54, 1.807) is 0 Å². The Morgan fingerprint density at radius 3 is 2.21 bits per heavy atom. The third-order valence-corrected chi connectivity index (χ3v) is 4.67. The van der Waals surface area contributed by atoms with Crippen molar-refractivity contribution in [2.24, 2.45) is 5.92 Å². The van der Waals surface area contributed by atoms with E-state index in [-0.39, 0.29) is 5.92 Å². The summed E-state index contributed by atoms with van der Waals surface area (Å²) in [6, 6.07) is -0.599. The van der Waals surface area contributed by atoms with Crippen molar-refractivity contribution >= 4 is 13.6 Å². The standard InChI is InChI=1S/C7H16NO5P/c1-5(2)6-7(9)13-14(10,8-6,11-3)12-4/h5-6,8,10H,1-4H3/t6-/m0/s1. The maximum absolute atomic E-state index is 11.4. The van der Waals surface area contributed by atoms with Crippen molar-refractivity contribution in [2.75, 3.05) is 14.2 Å². The van der Waals surface area contributed by atoms with Crippen molar-refractivity contribution < 1.29 is 23.3 Å². The molecule has 6 nitrogen and oxygen atoms in total. The number of rotatable bonds is 3. The van der Waals surface area contributed by atoms with Gasteiger partial charge in [-0.2, -0.15) is 0 Å². The fourth-order valence-corrected chi connectivity index (χ4v) is 3.06. The summed E-state index contributed by atoms with van der Waals surface area (Å²) in [5.74, 6) is -0.562. The number of hydrogen-bond acceptors (Lipinski definition) is 6. The van der Waals surface area contributed by atoms with Gasteiger partial charge in [0.1, 0.15) is 0 Å². The van der Waals surface area contributed by atoms with Crippen molar-refractivity contribution in [3.63, 3.8) is 0 Å². The average molecular weight is 225 g/mol. The van der Waals surface area contributed by atoms with E-state index in [1.165, 1.54) is 14.2 Å². The molecule has 14 heavy (non-hydrogen) atoms. The molecule has 0 aromatic rings. The predicted molar refractivity (Wildman–Crippen MR) is 51.0 cm³/mol. The maximum atomic E-state index is 11.4. The van der Waals surface area contributed by atoms with Gasteiger partial charge in [-0.1, -0.05) is 0 Å². The summed E-state index contributed by atoms with van der Waals surface area (Å²) >= 11 is 0. The van der Waals surface area contributed by atoms with Crippen LogP contribution in [0, 0.1) is 5.92 Å². The van der Waals surface area contributed by atoms with Crippen molar-refractivity contribution in [2.45, 2.75) is 19.9 Å². The fourth-order valence-electron chi connectivity index (χ4n) is 1.20. The van der Waals surface area contributed by atoms with Gasteiger partial charge in [0, 0.05) is 0 Å². The zero-order chi connectivity index (χ0) is 11.0. The molecule has 1 aliphatic heterocycles. The van der Waals surface area contributed by atoms with Gasteiger partial charge in [-0.15, -0.1) is 0 Å². The molecular weight excluding hydrogens is 209 g/mol. The molecule has 1 fully saturated rings. The Morgan fingerprint density at radius 2 is 2.00 bits per heavy atom. The topological polar surface area (TPSA) is 77.0 Å². The van der Waals surface area contributed by atoms with Gasteiger partial charge in [0.05, 0.1) is 0 Å². The van der Waals surface area contributed by atoms with Crippen molar-refractivity contribution in [3.8, 4) is 0 Å². The molecule has 0 saturated carbocycles. The summed E-state index contributed by atoms with van der Waals surface area (Å²) in [6.45, 7) is 3.66. The van der Waals surface area contributed by atoms with Gasteiger partial charge in [0.15, 0.2) is 0 Å². The van der Waals surface area contributed by atoms with Crippen LogP contribution in [0.5, 0.6) is 0 Å². The number of carbonyl (C=O) groups is 1. The summed E-state index contributed by atoms with van der Waals surface area (Å²) in [5.41, 5.74) is 0. The number of nitrogens with one attached hydrogen (secondary N) is 1. The Balaban J connectivity index is 2.94. The van der Waals surface area contributed by atoms with E-state index in [4.69, 9.17) is 13.6 Å². The van der Waals surface area contributed by atoms with Gasteiger partial charge in [-0.3, -0.25) is 0 Å². The fraction of sp³-hybridized carbons (Fsp3) is 0.857. The first-order valence-electron chi connectivity index (χ1n) is 4.26. The van der Waals surface area contributed by atoms with E-state index in [0.29, 0.717) is 0 Å². The normalized spacial score (nSPS) is 32.3. The summed E-state index contributed by atoms with van der Waals surface area (Å²) < 4.78 is 14.4. The minimum atomic E-state index is -4.34. The van der Waals surface area contributed by atoms with Gasteiger partial charge in [0.2, 0.25) is 0 Å². The molecular formula is C7H16NO5P. The van der Waals surface area contributed by atoms with Gasteiger partial charge in [-0.05, 0) is 0 Å². The third-order valence-electron chi connectivity index (χ3n) is 2.17. The first kappa shape index (κ1) is 11.8. The van der Waals surface area contributed by atoms with E-state index < -0.39 is 19.7 Å². The van der Waals surface area contributed by atoms with Crippen molar-refractivity contribution in [1.82, 2.24) is 5.09 Å². The molecule has 1 heterocycles. The minimum absolute atomic E-state index is 0.0102. The van der Waals surface area contributed by atoms with Crippen LogP contribution >= 0.6 is 7.66 Å². The molecule has 0 aliphatic carbocycles. The van der Waals surface area contributed by atoms with Crippen molar-refractivity contribution in [1.29, 1.82) is 0 Å². The molecule has 7 heteroatoms. The summed E-state index contributed by atoms with van der Waals surface area (Å²) in [7, 11) is -1.89. The van der Waals surface area contributed by atoms with Crippen LogP contribution in [0.3, 0.4) is 0 Å². The Kier molecular flexibility index (Phi) is 2.87. The predicted octanol–water partition coefficient (Wildman–Crippen LogP) is 0.571. The van der Waals surface area contributed by atoms with Crippen LogP contribution in [0.4, 0.5) is 0 Å². The van der Waals surface area contributed by atoms with E-state index in [0.717, 1.165) is 0 Å². The second kappa shape index (κ2) is 3.40. The second-order valence-electron chi connectivity index (χ2n) is 3.47. The van der Waals surface area contributed by atoms with Crippen LogP contribution in [-0.2, 0) is 18.4 Å². The Morgan fingerprint density at radius 1 is 1.50 bits per heavy atom. The van der Waals surface area contributed by atoms with Crippen LogP contribution in [0.15, 0.2) is 0 Å². The zero-order valence-electron chi connectivity index (χ0n) is 8.68. The number of carbonyl (C=O) groups excluding carboxylic acids is 1. The second-order valence-corrected chi connectivity index (χ2v) is 6.32. The summed E-state index contributed by atoms with van der Waals surface area (Å²) in [4.78, 5) is 21.4. The molecule has 0 bridgehead atoms. The van der Waals surface area contributed by atoms with Gasteiger partial charge in [0.25, 0.3) is 0 Å². The van der Waals surface area contributed by atoms with Crippen LogP contribution in [0.1, 0.15) is 13.8 Å². The molecule has 2 N–H and O–H groups in total. The first-order chi connectivity index (χ1) is 6.34. The molecule has 1 rings (SSSR count). The molecule has 0 unspecified atom stereocenters. The molecule has 0 aromatic carbocycles. The zero-order valence-corrected chi connectivity index (χ0v) is 9.58. The van der Waals surface area contributed by atoms with E-state index in [2.05, 4.69) is 5.09 Å². The molecule has 1 aliphatic rings. The van der Waals surface area contributed by atoms with E-state index in [1.807, 2.05) is 13.8 Å². The molecule has 0 aromatic heterocycles. The SMILES string of the molecule is COP1(O)(OC)N[C@@H](C(C)C)C(=O)O1. The quantitative estimate of drug-likeness (QED) is 0.684. The molecule has 1 saturated heterocycles. The Bertz CT molecular complexity index is 252. The van der Waals surface area contributed by atoms with Crippen molar-refractivity contribution in [3.05, 3.63) is 0 Å². The monoisotopic (exact) mass is 225 g/mol.